The largest absolute Gasteiger partial charge is 0.505 e. The third-order valence-corrected chi connectivity index (χ3v) is 4.50. The van der Waals surface area contributed by atoms with Gasteiger partial charge in [-0.3, -0.25) is 4.72 Å². The summed E-state index contributed by atoms with van der Waals surface area (Å²) < 4.78 is 26.5. The Labute approximate surface area is 125 Å². The van der Waals surface area contributed by atoms with Crippen molar-refractivity contribution in [1.29, 1.82) is 0 Å². The van der Waals surface area contributed by atoms with Gasteiger partial charge in [0.2, 0.25) is 0 Å². The van der Waals surface area contributed by atoms with Crippen molar-refractivity contribution >= 4 is 33.3 Å². The van der Waals surface area contributed by atoms with Gasteiger partial charge in [0.1, 0.15) is 10.5 Å². The molecule has 0 aliphatic carbocycles. The monoisotopic (exact) mass is 327 g/mol. The molecular formula is C13H10ClNO5S. The van der Waals surface area contributed by atoms with Crippen molar-refractivity contribution in [2.24, 2.45) is 0 Å². The van der Waals surface area contributed by atoms with Crippen LogP contribution in [0.4, 0.5) is 5.69 Å². The maximum atomic E-state index is 12.2. The normalized spacial score (nSPS) is 11.1. The topological polar surface area (TPSA) is 104 Å². The van der Waals surface area contributed by atoms with E-state index in [0.29, 0.717) is 0 Å². The van der Waals surface area contributed by atoms with Crippen LogP contribution in [-0.4, -0.2) is 24.6 Å². The summed E-state index contributed by atoms with van der Waals surface area (Å²) in [7, 11) is -4.04. The molecule has 0 radical (unpaired) electrons. The van der Waals surface area contributed by atoms with Gasteiger partial charge in [0.15, 0.2) is 5.75 Å². The molecule has 0 atom stereocenters. The summed E-state index contributed by atoms with van der Waals surface area (Å²) in [5.41, 5.74) is -0.649. The van der Waals surface area contributed by atoms with Gasteiger partial charge < -0.3 is 10.2 Å². The molecule has 0 fully saturated rings. The number of halogens is 1. The highest BCUT2D eigenvalue weighted by Gasteiger charge is 2.21. The number of aromatic carboxylic acids is 1. The molecule has 21 heavy (non-hydrogen) atoms. The Morgan fingerprint density at radius 3 is 2.38 bits per heavy atom. The van der Waals surface area contributed by atoms with Gasteiger partial charge in [0, 0.05) is 0 Å². The van der Waals surface area contributed by atoms with Crippen LogP contribution < -0.4 is 4.72 Å². The molecule has 0 bridgehead atoms. The predicted molar refractivity (Wildman–Crippen MR) is 77.3 cm³/mol. The number of sulfonamides is 1. The average molecular weight is 328 g/mol. The summed E-state index contributed by atoms with van der Waals surface area (Å²) >= 11 is 5.82. The van der Waals surface area contributed by atoms with Gasteiger partial charge in [-0.25, -0.2) is 13.2 Å². The molecule has 3 N–H and O–H groups in total. The number of anilines is 1. The van der Waals surface area contributed by atoms with Gasteiger partial charge in [0.05, 0.1) is 10.7 Å². The molecule has 0 saturated heterocycles. The highest BCUT2D eigenvalue weighted by atomic mass is 35.5. The van der Waals surface area contributed by atoms with Crippen molar-refractivity contribution in [2.45, 2.75) is 4.90 Å². The minimum absolute atomic E-state index is 0.0129. The van der Waals surface area contributed by atoms with Crippen molar-refractivity contribution in [3.63, 3.8) is 0 Å². The second-order valence-electron chi connectivity index (χ2n) is 4.04. The summed E-state index contributed by atoms with van der Waals surface area (Å²) in [5, 5.41) is 18.7. The van der Waals surface area contributed by atoms with Crippen molar-refractivity contribution in [3.8, 4) is 5.75 Å². The second-order valence-corrected chi connectivity index (χ2v) is 6.10. The third kappa shape index (κ3) is 3.09. The molecule has 2 rings (SSSR count). The van der Waals surface area contributed by atoms with Crippen LogP contribution in [0.5, 0.6) is 5.75 Å². The van der Waals surface area contributed by atoms with Crippen LogP contribution in [0.25, 0.3) is 0 Å². The van der Waals surface area contributed by atoms with Crippen LogP contribution in [0.3, 0.4) is 0 Å². The van der Waals surface area contributed by atoms with Crippen molar-refractivity contribution < 1.29 is 23.4 Å². The van der Waals surface area contributed by atoms with Crippen molar-refractivity contribution in [1.82, 2.24) is 0 Å². The molecule has 0 amide bonds. The first-order valence-corrected chi connectivity index (χ1v) is 7.51. The fraction of sp³-hybridized carbons (Fsp3) is 0. The maximum absolute atomic E-state index is 12.2. The van der Waals surface area contributed by atoms with E-state index in [4.69, 9.17) is 16.7 Å². The van der Waals surface area contributed by atoms with E-state index >= 15 is 0 Å². The standard InChI is InChI=1S/C13H10ClNO5S/c14-9-5-1-2-7-11(9)21(19,20)15-10-6-3-4-8(12(10)16)13(17)18/h1-7,15-16H,(H,17,18). The summed E-state index contributed by atoms with van der Waals surface area (Å²) in [5.74, 6) is -2.04. The third-order valence-electron chi connectivity index (χ3n) is 2.64. The summed E-state index contributed by atoms with van der Waals surface area (Å²) in [6.45, 7) is 0. The summed E-state index contributed by atoms with van der Waals surface area (Å²) in [4.78, 5) is 10.7. The van der Waals surface area contributed by atoms with Gasteiger partial charge in [-0.2, -0.15) is 0 Å². The number of para-hydroxylation sites is 1. The van der Waals surface area contributed by atoms with E-state index in [1.165, 1.54) is 30.3 Å². The van der Waals surface area contributed by atoms with Crippen molar-refractivity contribution in [2.75, 3.05) is 4.72 Å². The Kier molecular flexibility index (Phi) is 4.06. The number of nitrogens with one attached hydrogen (secondary N) is 1. The maximum Gasteiger partial charge on any atom is 0.339 e. The van der Waals surface area contributed by atoms with E-state index in [1.807, 2.05) is 0 Å². The lowest BCUT2D eigenvalue weighted by Crippen LogP contribution is -2.14. The fourth-order valence-corrected chi connectivity index (χ4v) is 3.25. The highest BCUT2D eigenvalue weighted by molar-refractivity contribution is 7.92. The Bertz CT molecular complexity index is 804. The van der Waals surface area contributed by atoms with Crippen LogP contribution in [0.2, 0.25) is 5.02 Å². The lowest BCUT2D eigenvalue weighted by molar-refractivity contribution is 0.0694. The molecule has 0 aromatic heterocycles. The minimum Gasteiger partial charge on any atom is -0.505 e. The molecular weight excluding hydrogens is 318 g/mol. The van der Waals surface area contributed by atoms with E-state index in [1.54, 1.807) is 6.07 Å². The van der Waals surface area contributed by atoms with Gasteiger partial charge in [0.25, 0.3) is 10.0 Å². The van der Waals surface area contributed by atoms with Crippen LogP contribution in [0, 0.1) is 0 Å². The molecule has 2 aromatic rings. The van der Waals surface area contributed by atoms with Crippen LogP contribution >= 0.6 is 11.6 Å². The summed E-state index contributed by atoms with van der Waals surface area (Å²) in [6, 6.07) is 9.49. The first kappa shape index (κ1) is 15.1. The van der Waals surface area contributed by atoms with Gasteiger partial charge in [-0.15, -0.1) is 0 Å². The Morgan fingerprint density at radius 2 is 1.76 bits per heavy atom. The SMILES string of the molecule is O=C(O)c1cccc(NS(=O)(=O)c2ccccc2Cl)c1O. The highest BCUT2D eigenvalue weighted by Crippen LogP contribution is 2.30. The molecule has 0 unspecified atom stereocenters. The molecule has 2 aromatic carbocycles. The van der Waals surface area contributed by atoms with E-state index in [9.17, 15) is 18.3 Å². The van der Waals surface area contributed by atoms with Crippen LogP contribution in [0.15, 0.2) is 47.4 Å². The molecule has 0 saturated carbocycles. The molecule has 0 spiro atoms. The molecule has 0 aliphatic rings. The Hall–Kier alpha value is -2.25. The molecule has 0 aliphatic heterocycles. The number of rotatable bonds is 4. The number of phenols is 1. The number of carboxylic acids is 1. The fourth-order valence-electron chi connectivity index (χ4n) is 1.66. The molecule has 6 nitrogen and oxygen atoms in total. The average Bonchev–Trinajstić information content (AvgIpc) is 2.41. The number of carbonyl (C=O) groups is 1. The lowest BCUT2D eigenvalue weighted by atomic mass is 10.2. The van der Waals surface area contributed by atoms with Gasteiger partial charge in [-0.05, 0) is 24.3 Å². The zero-order chi connectivity index (χ0) is 15.6. The van der Waals surface area contributed by atoms with E-state index in [2.05, 4.69) is 4.72 Å². The lowest BCUT2D eigenvalue weighted by Gasteiger charge is -2.11. The van der Waals surface area contributed by atoms with E-state index in [0.717, 1.165) is 6.07 Å². The van der Waals surface area contributed by atoms with E-state index in [-0.39, 0.29) is 15.6 Å². The molecule has 0 heterocycles. The van der Waals surface area contributed by atoms with Crippen LogP contribution in [-0.2, 0) is 10.0 Å². The van der Waals surface area contributed by atoms with E-state index < -0.39 is 27.3 Å². The first-order chi connectivity index (χ1) is 9.83. The zero-order valence-corrected chi connectivity index (χ0v) is 12.0. The number of carboxylic acid groups (broad SMARTS) is 1. The van der Waals surface area contributed by atoms with Gasteiger partial charge >= 0.3 is 5.97 Å². The molecule has 110 valence electrons. The predicted octanol–water partition coefficient (Wildman–Crippen LogP) is 2.54. The first-order valence-electron chi connectivity index (χ1n) is 5.65. The van der Waals surface area contributed by atoms with Crippen LogP contribution in [0.1, 0.15) is 10.4 Å². The summed E-state index contributed by atoms with van der Waals surface area (Å²) in [6.07, 6.45) is 0. The number of hydrogen-bond donors (Lipinski definition) is 3. The zero-order valence-electron chi connectivity index (χ0n) is 10.4. The number of benzene rings is 2. The number of aromatic hydroxyl groups is 1. The quantitative estimate of drug-likeness (QED) is 0.749. The number of hydrogen-bond acceptors (Lipinski definition) is 4. The second kappa shape index (κ2) is 5.63. The Balaban J connectivity index is 2.45. The minimum atomic E-state index is -4.04. The van der Waals surface area contributed by atoms with Crippen molar-refractivity contribution in [3.05, 3.63) is 53.1 Å². The van der Waals surface area contributed by atoms with Gasteiger partial charge in [-0.1, -0.05) is 29.8 Å². The Morgan fingerprint density at radius 1 is 1.10 bits per heavy atom. The molecule has 8 heteroatoms. The smallest absolute Gasteiger partial charge is 0.339 e.